The summed E-state index contributed by atoms with van der Waals surface area (Å²) in [7, 11) is -0.288. The number of unbranched alkanes of at least 4 members (excludes halogenated alkanes) is 2. The van der Waals surface area contributed by atoms with Crippen LogP contribution in [-0.4, -0.2) is 9.52 Å². The van der Waals surface area contributed by atoms with Crippen molar-refractivity contribution in [3.05, 3.63) is 46.6 Å². The Hall–Kier alpha value is 0.631. The van der Waals surface area contributed by atoms with E-state index in [1.807, 2.05) is 0 Å². The van der Waals surface area contributed by atoms with Gasteiger partial charge >= 0.3 is 21.7 Å². The van der Waals surface area contributed by atoms with Gasteiger partial charge in [-0.25, -0.2) is 0 Å². The molecule has 0 radical (unpaired) electrons. The average molecular weight is 454 g/mol. The normalized spacial score (nSPS) is 18.3. The smallest absolute Gasteiger partial charge is 1.00 e. The molecule has 0 saturated heterocycles. The van der Waals surface area contributed by atoms with Crippen LogP contribution in [-0.2, 0) is 21.7 Å². The van der Waals surface area contributed by atoms with Crippen LogP contribution in [0.4, 0.5) is 0 Å². The molecule has 0 heterocycles. The second-order valence-electron chi connectivity index (χ2n) is 6.97. The first kappa shape index (κ1) is 30.4. The number of allylic oxidation sites excluding steroid dienone is 4. The van der Waals surface area contributed by atoms with Gasteiger partial charge < -0.3 is 37.2 Å². The summed E-state index contributed by atoms with van der Waals surface area (Å²) >= 11 is 0. The molecule has 0 aromatic heterocycles. The molecule has 0 spiro atoms. The molecule has 1 aromatic carbocycles. The summed E-state index contributed by atoms with van der Waals surface area (Å²) in [5.74, 6) is 0. The number of halogens is 3. The molecule has 1 unspecified atom stereocenters. The van der Waals surface area contributed by atoms with Crippen molar-refractivity contribution in [3.8, 4) is 0 Å². The van der Waals surface area contributed by atoms with Gasteiger partial charge in [0.05, 0.1) is 0 Å². The van der Waals surface area contributed by atoms with Crippen molar-refractivity contribution in [2.24, 2.45) is 0 Å². The van der Waals surface area contributed by atoms with Gasteiger partial charge in [-0.1, -0.05) is 78.2 Å². The minimum absolute atomic E-state index is 0. The van der Waals surface area contributed by atoms with E-state index in [1.54, 1.807) is 16.3 Å². The third-order valence-corrected chi connectivity index (χ3v) is 8.62. The van der Waals surface area contributed by atoms with E-state index in [-0.39, 0.29) is 68.5 Å². The molecule has 25 heavy (non-hydrogen) atoms. The van der Waals surface area contributed by atoms with Crippen LogP contribution >= 0.6 is 0 Å². The van der Waals surface area contributed by atoms with E-state index < -0.39 is 0 Å². The molecule has 0 fully saturated rings. The summed E-state index contributed by atoms with van der Waals surface area (Å²) in [6.45, 7) is 11.6. The molecule has 0 N–H and O–H groups in total. The Labute approximate surface area is 191 Å². The van der Waals surface area contributed by atoms with Gasteiger partial charge in [0.2, 0.25) is 0 Å². The topological polar surface area (TPSA) is 0 Å². The quantitative estimate of drug-likeness (QED) is 0.232. The van der Waals surface area contributed by atoms with E-state index >= 15 is 0 Å². The van der Waals surface area contributed by atoms with Gasteiger partial charge in [0.25, 0.3) is 0 Å². The molecule has 0 nitrogen and oxygen atoms in total. The third-order valence-electron chi connectivity index (χ3n) is 5.62. The van der Waals surface area contributed by atoms with Crippen LogP contribution in [0.1, 0.15) is 61.3 Å². The van der Waals surface area contributed by atoms with Gasteiger partial charge in [-0.15, -0.1) is 0 Å². The van der Waals surface area contributed by atoms with Gasteiger partial charge in [-0.05, 0) is 17.9 Å². The maximum atomic E-state index is 2.55. The maximum Gasteiger partial charge on any atom is 4.00 e. The van der Waals surface area contributed by atoms with Crippen molar-refractivity contribution in [2.75, 3.05) is 0 Å². The predicted molar refractivity (Wildman–Crippen MR) is 98.9 cm³/mol. The molecular weight excluding hydrogens is 423 g/mol. The second-order valence-corrected chi connectivity index (χ2v) is 9.44. The maximum absolute atomic E-state index is 2.55. The SMILES string of the molecule is CCCCCC1([SiH2][c-]2c(C)c(C)c(C)c2C)C=CC=CC1.[Cl-].[Cl-].[Cl-].[Ti+4]. The zero-order valence-corrected chi connectivity index (χ0v) is 21.4. The Morgan fingerprint density at radius 2 is 1.52 bits per heavy atom. The molecule has 1 atom stereocenters. The zero-order chi connectivity index (χ0) is 15.5. The fraction of sp³-hybridized carbons (Fsp3) is 0.550. The molecule has 0 bridgehead atoms. The van der Waals surface area contributed by atoms with E-state index in [4.69, 9.17) is 0 Å². The van der Waals surface area contributed by atoms with Gasteiger partial charge in [0.15, 0.2) is 0 Å². The van der Waals surface area contributed by atoms with Gasteiger partial charge in [-0.3, -0.25) is 0 Å². The molecule has 1 aliphatic carbocycles. The van der Waals surface area contributed by atoms with E-state index in [9.17, 15) is 0 Å². The minimum Gasteiger partial charge on any atom is -1.00 e. The molecule has 140 valence electrons. The molecule has 1 aromatic rings. The predicted octanol–water partition coefficient (Wildman–Crippen LogP) is -4.30. The number of hydrogen-bond donors (Lipinski definition) is 0. The molecule has 2 rings (SSSR count). The van der Waals surface area contributed by atoms with Crippen molar-refractivity contribution < 1.29 is 58.9 Å². The monoisotopic (exact) mass is 452 g/mol. The molecule has 0 amide bonds. The molecule has 0 aliphatic heterocycles. The Morgan fingerprint density at radius 1 is 0.960 bits per heavy atom. The summed E-state index contributed by atoms with van der Waals surface area (Å²) in [6, 6.07) is 0. The molecular formula is C20H31Cl3SiTi. The van der Waals surface area contributed by atoms with Crippen molar-refractivity contribution in [3.63, 3.8) is 0 Å². The van der Waals surface area contributed by atoms with Gasteiger partial charge in [0, 0.05) is 9.52 Å². The van der Waals surface area contributed by atoms with Gasteiger partial charge in [-0.2, -0.15) is 27.4 Å². The molecule has 1 aliphatic rings. The first-order valence-electron chi connectivity index (χ1n) is 8.57. The fourth-order valence-electron chi connectivity index (χ4n) is 3.75. The van der Waals surface area contributed by atoms with Crippen molar-refractivity contribution in [1.29, 1.82) is 0 Å². The van der Waals surface area contributed by atoms with Crippen LogP contribution in [0.2, 0.25) is 5.04 Å². The van der Waals surface area contributed by atoms with Crippen molar-refractivity contribution >= 4 is 14.7 Å². The first-order chi connectivity index (χ1) is 10.0. The standard InChI is InChI=1S/C20H31Si.3ClH.Ti/c1-6-7-9-12-20(13-10-8-11-14-20)21-19-17(4)15(2)16(3)18(19)5;;;;/h8,10-11,13H,6-7,9,12,14,21H2,1-5H3;3*1H;/q-1;;;;+4/p-3. The number of hydrogen-bond acceptors (Lipinski definition) is 0. The van der Waals surface area contributed by atoms with E-state index in [2.05, 4.69) is 58.9 Å². The van der Waals surface area contributed by atoms with Crippen LogP contribution in [0.3, 0.4) is 0 Å². The van der Waals surface area contributed by atoms with Crippen LogP contribution in [0.25, 0.3) is 0 Å². The fourth-order valence-corrected chi connectivity index (χ4v) is 6.51. The Kier molecular flexibility index (Phi) is 16.7. The van der Waals surface area contributed by atoms with Crippen LogP contribution < -0.4 is 42.4 Å². The van der Waals surface area contributed by atoms with Crippen LogP contribution in [0.15, 0.2) is 24.3 Å². The van der Waals surface area contributed by atoms with E-state index in [0.29, 0.717) is 5.04 Å². The average Bonchev–Trinajstić information content (AvgIpc) is 2.66. The van der Waals surface area contributed by atoms with Crippen LogP contribution in [0.5, 0.6) is 0 Å². The summed E-state index contributed by atoms with van der Waals surface area (Å²) in [6.07, 6.45) is 16.2. The molecule has 5 heteroatoms. The van der Waals surface area contributed by atoms with Crippen LogP contribution in [0, 0.1) is 27.7 Å². The zero-order valence-electron chi connectivity index (χ0n) is 16.2. The van der Waals surface area contributed by atoms with Gasteiger partial charge in [0.1, 0.15) is 0 Å². The number of rotatable bonds is 6. The Morgan fingerprint density at radius 3 is 1.96 bits per heavy atom. The first-order valence-corrected chi connectivity index (χ1v) is 9.98. The van der Waals surface area contributed by atoms with Crippen molar-refractivity contribution in [2.45, 2.75) is 71.8 Å². The summed E-state index contributed by atoms with van der Waals surface area (Å²) < 4.78 is 0. The largest absolute Gasteiger partial charge is 4.00 e. The molecule has 0 saturated carbocycles. The minimum atomic E-state index is -0.288. The van der Waals surface area contributed by atoms with Crippen molar-refractivity contribution in [1.82, 2.24) is 0 Å². The third kappa shape index (κ3) is 7.28. The Bertz CT molecular complexity index is 538. The van der Waals surface area contributed by atoms with E-state index in [1.165, 1.54) is 43.2 Å². The Balaban J connectivity index is -0.00000121. The summed E-state index contributed by atoms with van der Waals surface area (Å²) in [5.41, 5.74) is 6.26. The van der Waals surface area contributed by atoms with E-state index in [0.717, 1.165) is 0 Å². The summed E-state index contributed by atoms with van der Waals surface area (Å²) in [4.78, 5) is 0. The summed E-state index contributed by atoms with van der Waals surface area (Å²) in [5, 5.41) is 2.24. The second kappa shape index (κ2) is 13.7.